The predicted molar refractivity (Wildman–Crippen MR) is 82.7 cm³/mol. The topological polar surface area (TPSA) is 65.4 Å². The number of nitrogens with zero attached hydrogens (tertiary/aromatic N) is 3. The molecule has 1 aliphatic heterocycles. The van der Waals surface area contributed by atoms with Crippen molar-refractivity contribution < 1.29 is 9.21 Å². The first kappa shape index (κ1) is 14.8. The fourth-order valence-corrected chi connectivity index (χ4v) is 3.15. The quantitative estimate of drug-likeness (QED) is 0.943. The van der Waals surface area contributed by atoms with E-state index in [4.69, 9.17) is 4.42 Å². The third kappa shape index (κ3) is 2.54. The van der Waals surface area contributed by atoms with Crippen LogP contribution in [0.3, 0.4) is 0 Å². The molecule has 1 amide bonds. The Kier molecular flexibility index (Phi) is 4.02. The molecule has 1 N–H and O–H groups in total. The van der Waals surface area contributed by atoms with Crippen LogP contribution in [0, 0.1) is 13.8 Å². The van der Waals surface area contributed by atoms with Crippen molar-refractivity contribution in [2.45, 2.75) is 26.8 Å². The van der Waals surface area contributed by atoms with Gasteiger partial charge in [0, 0.05) is 37.6 Å². The van der Waals surface area contributed by atoms with Crippen LogP contribution in [0.2, 0.25) is 0 Å². The fraction of sp³-hybridized carbons (Fsp3) is 0.500. The van der Waals surface area contributed by atoms with Crippen LogP contribution in [0.15, 0.2) is 23.1 Å². The van der Waals surface area contributed by atoms with Crippen LogP contribution >= 0.6 is 0 Å². The van der Waals surface area contributed by atoms with Crippen LogP contribution in [-0.4, -0.2) is 51.9 Å². The molecule has 1 saturated heterocycles. The zero-order valence-electron chi connectivity index (χ0n) is 13.3. The Hall–Kier alpha value is -2.08. The lowest BCUT2D eigenvalue weighted by molar-refractivity contribution is 0.0478. The minimum absolute atomic E-state index is 0.0519. The molecule has 3 rings (SSSR count). The maximum atomic E-state index is 12.8. The number of hydrogen-bond acceptors (Lipinski definition) is 4. The van der Waals surface area contributed by atoms with Crippen LogP contribution in [0.25, 0.3) is 0 Å². The van der Waals surface area contributed by atoms with E-state index >= 15 is 0 Å². The van der Waals surface area contributed by atoms with Gasteiger partial charge in [0.2, 0.25) is 0 Å². The molecule has 2 aromatic rings. The van der Waals surface area contributed by atoms with Gasteiger partial charge < -0.3 is 14.3 Å². The van der Waals surface area contributed by atoms with E-state index in [1.165, 1.54) is 0 Å². The molecule has 6 nitrogen and oxygen atoms in total. The lowest BCUT2D eigenvalue weighted by Gasteiger charge is -2.40. The summed E-state index contributed by atoms with van der Waals surface area (Å²) in [7, 11) is 0. The molecule has 0 aromatic carbocycles. The molecule has 1 atom stereocenters. The molecule has 0 spiro atoms. The highest BCUT2D eigenvalue weighted by Crippen LogP contribution is 2.25. The second-order valence-corrected chi connectivity index (χ2v) is 5.72. The van der Waals surface area contributed by atoms with Crippen molar-refractivity contribution in [3.8, 4) is 0 Å². The Morgan fingerprint density at radius 3 is 2.86 bits per heavy atom. The molecule has 1 aliphatic rings. The standard InChI is InChI=1S/C16H22N4O2/c1-4-19-7-8-20(9-13(19)15-17-5-6-18-15)16(21)14-11(2)10-22-12(14)3/h5-6,10,13H,4,7-9H2,1-3H3,(H,17,18)/t13-/m1/s1. The smallest absolute Gasteiger partial charge is 0.257 e. The van der Waals surface area contributed by atoms with Gasteiger partial charge in [0.15, 0.2) is 0 Å². The van der Waals surface area contributed by atoms with E-state index in [1.807, 2.05) is 24.9 Å². The van der Waals surface area contributed by atoms with Crippen molar-refractivity contribution in [3.63, 3.8) is 0 Å². The zero-order valence-corrected chi connectivity index (χ0v) is 13.3. The van der Waals surface area contributed by atoms with Crippen LogP contribution in [0.4, 0.5) is 0 Å². The lowest BCUT2D eigenvalue weighted by Crippen LogP contribution is -2.50. The van der Waals surface area contributed by atoms with Gasteiger partial charge in [-0.2, -0.15) is 0 Å². The Morgan fingerprint density at radius 2 is 2.27 bits per heavy atom. The van der Waals surface area contributed by atoms with Crippen LogP contribution in [0.1, 0.15) is 40.5 Å². The number of carbonyl (C=O) groups is 1. The summed E-state index contributed by atoms with van der Waals surface area (Å²) in [6.45, 7) is 9.05. The van der Waals surface area contributed by atoms with Gasteiger partial charge in [-0.05, 0) is 20.4 Å². The second kappa shape index (κ2) is 5.96. The lowest BCUT2D eigenvalue weighted by atomic mass is 10.1. The molecule has 118 valence electrons. The highest BCUT2D eigenvalue weighted by Gasteiger charge is 2.33. The maximum absolute atomic E-state index is 12.8. The summed E-state index contributed by atoms with van der Waals surface area (Å²) in [5.74, 6) is 1.66. The minimum Gasteiger partial charge on any atom is -0.469 e. The van der Waals surface area contributed by atoms with Gasteiger partial charge in [0.25, 0.3) is 5.91 Å². The second-order valence-electron chi connectivity index (χ2n) is 5.72. The zero-order chi connectivity index (χ0) is 15.7. The number of H-pyrrole nitrogens is 1. The Labute approximate surface area is 130 Å². The summed E-state index contributed by atoms with van der Waals surface area (Å²) in [4.78, 5) is 24.6. The van der Waals surface area contributed by atoms with Crippen molar-refractivity contribution in [3.05, 3.63) is 41.4 Å². The molecule has 0 saturated carbocycles. The third-order valence-corrected chi connectivity index (χ3v) is 4.39. The first-order valence-corrected chi connectivity index (χ1v) is 7.69. The predicted octanol–water partition coefficient (Wildman–Crippen LogP) is 2.14. The number of nitrogens with one attached hydrogen (secondary N) is 1. The summed E-state index contributed by atoms with van der Waals surface area (Å²) in [5, 5.41) is 0. The summed E-state index contributed by atoms with van der Waals surface area (Å²) >= 11 is 0. The highest BCUT2D eigenvalue weighted by atomic mass is 16.3. The molecule has 0 bridgehead atoms. The van der Waals surface area contributed by atoms with Gasteiger partial charge in [0.05, 0.1) is 17.9 Å². The monoisotopic (exact) mass is 302 g/mol. The first-order chi connectivity index (χ1) is 10.6. The average molecular weight is 302 g/mol. The number of likely N-dealkylation sites (N-methyl/N-ethyl adjacent to an activating group) is 1. The van der Waals surface area contributed by atoms with Gasteiger partial charge in [-0.25, -0.2) is 4.98 Å². The maximum Gasteiger partial charge on any atom is 0.257 e. The molecular formula is C16H22N4O2. The van der Waals surface area contributed by atoms with E-state index in [2.05, 4.69) is 21.8 Å². The summed E-state index contributed by atoms with van der Waals surface area (Å²) in [6, 6.07) is 0.116. The molecule has 3 heterocycles. The number of aromatic amines is 1. The van der Waals surface area contributed by atoms with E-state index in [9.17, 15) is 4.79 Å². The number of hydrogen-bond donors (Lipinski definition) is 1. The van der Waals surface area contributed by atoms with Gasteiger partial charge in [-0.3, -0.25) is 9.69 Å². The van der Waals surface area contributed by atoms with Crippen LogP contribution < -0.4 is 0 Å². The van der Waals surface area contributed by atoms with E-state index in [0.717, 1.165) is 31.0 Å². The third-order valence-electron chi connectivity index (χ3n) is 4.39. The van der Waals surface area contributed by atoms with Gasteiger partial charge in [-0.15, -0.1) is 0 Å². The molecular weight excluding hydrogens is 280 g/mol. The van der Waals surface area contributed by atoms with Gasteiger partial charge in [-0.1, -0.05) is 6.92 Å². The molecule has 0 radical (unpaired) electrons. The number of imidazole rings is 1. The van der Waals surface area contributed by atoms with E-state index in [0.29, 0.717) is 17.9 Å². The number of carbonyl (C=O) groups excluding carboxylic acids is 1. The Balaban J connectivity index is 1.83. The van der Waals surface area contributed by atoms with Crippen LogP contribution in [-0.2, 0) is 0 Å². The van der Waals surface area contributed by atoms with E-state index in [-0.39, 0.29) is 11.9 Å². The minimum atomic E-state index is 0.0519. The van der Waals surface area contributed by atoms with Crippen molar-refractivity contribution >= 4 is 5.91 Å². The van der Waals surface area contributed by atoms with E-state index in [1.54, 1.807) is 12.5 Å². The molecule has 6 heteroatoms. The summed E-state index contributed by atoms with van der Waals surface area (Å²) in [6.07, 6.45) is 5.23. The van der Waals surface area contributed by atoms with Crippen molar-refractivity contribution in [1.82, 2.24) is 19.8 Å². The molecule has 1 fully saturated rings. The van der Waals surface area contributed by atoms with Crippen molar-refractivity contribution in [1.29, 1.82) is 0 Å². The van der Waals surface area contributed by atoms with Crippen molar-refractivity contribution in [2.75, 3.05) is 26.2 Å². The number of aryl methyl sites for hydroxylation is 2. The number of aromatic nitrogens is 2. The largest absolute Gasteiger partial charge is 0.469 e. The van der Waals surface area contributed by atoms with Gasteiger partial charge >= 0.3 is 0 Å². The Morgan fingerprint density at radius 1 is 1.45 bits per heavy atom. The van der Waals surface area contributed by atoms with E-state index < -0.39 is 0 Å². The number of piperazine rings is 1. The normalized spacial score (nSPS) is 19.6. The molecule has 0 aliphatic carbocycles. The Bertz CT molecular complexity index is 628. The molecule has 22 heavy (non-hydrogen) atoms. The highest BCUT2D eigenvalue weighted by molar-refractivity contribution is 5.96. The number of furan rings is 1. The van der Waals surface area contributed by atoms with Gasteiger partial charge in [0.1, 0.15) is 11.6 Å². The number of rotatable bonds is 3. The van der Waals surface area contributed by atoms with Crippen molar-refractivity contribution in [2.24, 2.45) is 0 Å². The summed E-state index contributed by atoms with van der Waals surface area (Å²) in [5.41, 5.74) is 1.60. The number of amides is 1. The SMILES string of the molecule is CCN1CCN(C(=O)c2c(C)coc2C)C[C@@H]1c1ncc[nH]1. The first-order valence-electron chi connectivity index (χ1n) is 7.69. The molecule has 0 unspecified atom stereocenters. The molecule has 2 aromatic heterocycles. The average Bonchev–Trinajstić information content (AvgIpc) is 3.16. The fourth-order valence-electron chi connectivity index (χ4n) is 3.15. The van der Waals surface area contributed by atoms with Crippen LogP contribution in [0.5, 0.6) is 0 Å². The summed E-state index contributed by atoms with van der Waals surface area (Å²) < 4.78 is 5.37.